The maximum atomic E-state index is 14.7. The number of alkyl carbamates (subject to hydrolysis) is 1. The summed E-state index contributed by atoms with van der Waals surface area (Å²) < 4.78 is 49.6. The first-order valence-electron chi connectivity index (χ1n) is 11.7. The number of aliphatic imine (C=N–C) groups is 1. The Balaban J connectivity index is 1.64. The van der Waals surface area contributed by atoms with Crippen molar-refractivity contribution < 1.29 is 27.3 Å². The molecule has 0 fully saturated rings. The van der Waals surface area contributed by atoms with Crippen molar-refractivity contribution in [2.45, 2.75) is 46.9 Å². The number of thioether (sulfide) groups is 1. The number of hydrogen-bond donors (Lipinski definition) is 1. The average Bonchev–Trinajstić information content (AvgIpc) is 3.48. The summed E-state index contributed by atoms with van der Waals surface area (Å²) in [4.78, 5) is 30.6. The highest BCUT2D eigenvalue weighted by Gasteiger charge is 2.26. The van der Waals surface area contributed by atoms with Crippen LogP contribution in [0.5, 0.6) is 0 Å². The minimum absolute atomic E-state index is 0.0286. The number of nitro groups is 1. The van der Waals surface area contributed by atoms with Gasteiger partial charge in [-0.25, -0.2) is 23.2 Å². The van der Waals surface area contributed by atoms with Crippen LogP contribution in [0, 0.1) is 15.9 Å². The summed E-state index contributed by atoms with van der Waals surface area (Å²) in [5.74, 6) is -0.948. The number of nitrogens with zero attached hydrogens (tertiary/aromatic N) is 4. The van der Waals surface area contributed by atoms with E-state index < -0.39 is 38.0 Å². The number of carbonyl (C=O) groups excluding carboxylic acids is 1. The molecule has 2 heterocycles. The molecule has 0 saturated carbocycles. The van der Waals surface area contributed by atoms with Crippen LogP contribution in [0.1, 0.15) is 26.3 Å². The number of benzene rings is 2. The normalized spacial score (nSPS) is 12.2. The van der Waals surface area contributed by atoms with Crippen molar-refractivity contribution in [3.8, 4) is 0 Å². The minimum atomic E-state index is -4.02. The zero-order chi connectivity index (χ0) is 30.1. The Kier molecular flexibility index (Phi) is 8.87. The van der Waals surface area contributed by atoms with Crippen LogP contribution in [0.4, 0.5) is 19.9 Å². The molecule has 2 aromatic heterocycles. The first kappa shape index (κ1) is 30.6. The van der Waals surface area contributed by atoms with Crippen LogP contribution >= 0.6 is 39.0 Å². The number of hydrogen-bond acceptors (Lipinski definition) is 10. The fourth-order valence-electron chi connectivity index (χ4n) is 3.74. The molecule has 0 unspecified atom stereocenters. The van der Waals surface area contributed by atoms with Crippen LogP contribution in [0.2, 0.25) is 0 Å². The summed E-state index contributed by atoms with van der Waals surface area (Å²) >= 11 is 5.80. The predicted octanol–water partition coefficient (Wildman–Crippen LogP) is 6.70. The molecule has 1 amide bonds. The van der Waals surface area contributed by atoms with Gasteiger partial charge in [0, 0.05) is 16.1 Å². The lowest BCUT2D eigenvalue weighted by atomic mass is 10.2. The molecule has 0 saturated heterocycles. The van der Waals surface area contributed by atoms with Gasteiger partial charge in [0.1, 0.15) is 10.6 Å². The third kappa shape index (κ3) is 6.77. The van der Waals surface area contributed by atoms with Crippen LogP contribution in [0.3, 0.4) is 0 Å². The summed E-state index contributed by atoms with van der Waals surface area (Å²) in [6.45, 7) is 5.11. The average molecular weight is 685 g/mol. The molecule has 4 rings (SSSR count). The second-order valence-electron chi connectivity index (χ2n) is 9.50. The van der Waals surface area contributed by atoms with Gasteiger partial charge in [-0.2, -0.15) is 4.39 Å². The number of sulfone groups is 1. The predicted molar refractivity (Wildman–Crippen MR) is 159 cm³/mol. The summed E-state index contributed by atoms with van der Waals surface area (Å²) in [6, 6.07) is 8.16. The summed E-state index contributed by atoms with van der Waals surface area (Å²) in [5, 5.41) is 13.9. The van der Waals surface area contributed by atoms with E-state index in [2.05, 4.69) is 31.2 Å². The van der Waals surface area contributed by atoms with Crippen molar-refractivity contribution in [3.05, 3.63) is 68.7 Å². The van der Waals surface area contributed by atoms with Crippen molar-refractivity contribution in [2.75, 3.05) is 6.26 Å². The van der Waals surface area contributed by atoms with E-state index >= 15 is 0 Å². The monoisotopic (exact) mass is 683 g/mol. The van der Waals surface area contributed by atoms with Gasteiger partial charge in [0.15, 0.2) is 0 Å². The van der Waals surface area contributed by atoms with Crippen LogP contribution < -0.4 is 5.32 Å². The molecule has 11 nitrogen and oxygen atoms in total. The third-order valence-electron chi connectivity index (χ3n) is 5.45. The first-order chi connectivity index (χ1) is 19.2. The maximum absolute atomic E-state index is 14.7. The number of nitrogens with one attached hydrogen (secondary N) is 1. The van der Waals surface area contributed by atoms with Gasteiger partial charge in [-0.05, 0) is 61.2 Å². The number of ether oxygens (including phenoxy) is 1. The maximum Gasteiger partial charge on any atom is 0.412 e. The number of aromatic nitrogens is 2. The van der Waals surface area contributed by atoms with Gasteiger partial charge in [-0.3, -0.25) is 15.4 Å². The SMILES string of the molecule is CSc1sc(/N=C/NC(=O)OC(C)(C)C)cc1S(=O)(=O)c1cc(Br)c2c(c1)ncn2Cc1cccc([N+](=O)[O-])c1F. The first-order valence-corrected chi connectivity index (χ1v) is 16.0. The van der Waals surface area contributed by atoms with Gasteiger partial charge >= 0.3 is 11.8 Å². The highest BCUT2D eigenvalue weighted by Crippen LogP contribution is 2.41. The quantitative estimate of drug-likeness (QED) is 0.0710. The lowest BCUT2D eigenvalue weighted by Crippen LogP contribution is -2.31. The molecule has 1 N–H and O–H groups in total. The number of nitro benzene ring substituents is 1. The van der Waals surface area contributed by atoms with Crippen molar-refractivity contribution in [2.24, 2.45) is 4.99 Å². The lowest BCUT2D eigenvalue weighted by Gasteiger charge is -2.18. The van der Waals surface area contributed by atoms with E-state index in [1.165, 1.54) is 48.4 Å². The number of amides is 1. The zero-order valence-corrected chi connectivity index (χ0v) is 26.1. The van der Waals surface area contributed by atoms with Crippen molar-refractivity contribution in [1.82, 2.24) is 14.9 Å². The Bertz CT molecular complexity index is 1800. The smallest absolute Gasteiger partial charge is 0.412 e. The Morgan fingerprint density at radius 3 is 2.73 bits per heavy atom. The summed E-state index contributed by atoms with van der Waals surface area (Å²) in [7, 11) is -4.02. The molecule has 0 spiro atoms. The summed E-state index contributed by atoms with van der Waals surface area (Å²) in [6.07, 6.45) is 3.60. The van der Waals surface area contributed by atoms with E-state index in [0.717, 1.165) is 23.7 Å². The molecule has 216 valence electrons. The number of fused-ring (bicyclic) bond motifs is 1. The van der Waals surface area contributed by atoms with Gasteiger partial charge in [0.05, 0.1) is 49.2 Å². The van der Waals surface area contributed by atoms with E-state index in [-0.39, 0.29) is 21.9 Å². The largest absolute Gasteiger partial charge is 0.444 e. The van der Waals surface area contributed by atoms with Gasteiger partial charge in [0.2, 0.25) is 15.7 Å². The molecule has 16 heteroatoms. The van der Waals surface area contributed by atoms with Crippen molar-refractivity contribution in [1.29, 1.82) is 0 Å². The fourth-order valence-corrected chi connectivity index (χ4v) is 8.44. The van der Waals surface area contributed by atoms with Crippen LogP contribution in [-0.4, -0.2) is 47.2 Å². The molecule has 0 aliphatic carbocycles. The lowest BCUT2D eigenvalue weighted by molar-refractivity contribution is -0.387. The van der Waals surface area contributed by atoms with E-state index in [0.29, 0.717) is 24.7 Å². The Labute approximate surface area is 251 Å². The highest BCUT2D eigenvalue weighted by molar-refractivity contribution is 9.10. The molecule has 0 bridgehead atoms. The topological polar surface area (TPSA) is 146 Å². The van der Waals surface area contributed by atoms with E-state index in [9.17, 15) is 27.7 Å². The number of thiophene rings is 1. The summed E-state index contributed by atoms with van der Waals surface area (Å²) in [5.41, 5.74) is -0.422. The Hall–Kier alpha value is -3.34. The molecule has 0 radical (unpaired) electrons. The number of carbonyl (C=O) groups is 1. The zero-order valence-electron chi connectivity index (χ0n) is 22.0. The molecule has 0 aliphatic heterocycles. The second-order valence-corrected chi connectivity index (χ2v) is 14.4. The van der Waals surface area contributed by atoms with Crippen molar-refractivity contribution in [3.63, 3.8) is 0 Å². The highest BCUT2D eigenvalue weighted by atomic mass is 79.9. The van der Waals surface area contributed by atoms with Crippen LogP contribution in [0.25, 0.3) is 11.0 Å². The van der Waals surface area contributed by atoms with E-state index in [1.807, 2.05) is 0 Å². The van der Waals surface area contributed by atoms with Crippen LogP contribution in [0.15, 0.2) is 66.2 Å². The van der Waals surface area contributed by atoms with Gasteiger partial charge in [-0.15, -0.1) is 23.1 Å². The van der Waals surface area contributed by atoms with Gasteiger partial charge in [0.25, 0.3) is 0 Å². The number of halogens is 2. The molecule has 2 aromatic carbocycles. The third-order valence-corrected chi connectivity index (χ3v) is 10.2. The van der Waals surface area contributed by atoms with Gasteiger partial charge in [-0.1, -0.05) is 12.1 Å². The molecule has 0 aliphatic rings. The second kappa shape index (κ2) is 11.9. The number of imidazole rings is 1. The molecular weight excluding hydrogens is 661 g/mol. The van der Waals surface area contributed by atoms with E-state index in [4.69, 9.17) is 4.74 Å². The molecule has 4 aromatic rings. The Morgan fingerprint density at radius 2 is 2.07 bits per heavy atom. The van der Waals surface area contributed by atoms with Crippen LogP contribution in [-0.2, 0) is 21.1 Å². The van der Waals surface area contributed by atoms with Gasteiger partial charge < -0.3 is 9.30 Å². The molecule has 0 atom stereocenters. The Morgan fingerprint density at radius 1 is 1.34 bits per heavy atom. The standard InChI is InChI=1S/C25H23BrFN5O6S3/c1-25(2,3)38-24(33)29-12-28-20-10-19(23(39-4)40-20)41(36,37)15-8-16(26)22-17(9-15)30-13-31(22)11-14-6-5-7-18(21(14)27)32(34)35/h5-10,12-13H,11H2,1-4H3,(H,28,29,33). The fraction of sp³-hybridized carbons (Fsp3) is 0.240. The van der Waals surface area contributed by atoms with Crippen molar-refractivity contribution >= 4 is 83.0 Å². The minimum Gasteiger partial charge on any atom is -0.444 e. The molecule has 41 heavy (non-hydrogen) atoms. The molecular formula is C25H23BrFN5O6S3. The van der Waals surface area contributed by atoms with E-state index in [1.54, 1.807) is 31.6 Å². The number of rotatable bonds is 8.